The maximum absolute atomic E-state index is 6.08. The van der Waals surface area contributed by atoms with Crippen LogP contribution in [0.5, 0.6) is 0 Å². The number of fused-ring (bicyclic) bond motifs is 3. The topological polar surface area (TPSA) is 37.9 Å². The van der Waals surface area contributed by atoms with E-state index in [2.05, 4.69) is 16.5 Å². The molecule has 1 aliphatic heterocycles. The molecule has 0 aromatic carbocycles. The SMILES string of the molecule is C=Cc1cc2[nH]c3c(c2nc1Cl)CCOC3. The van der Waals surface area contributed by atoms with Gasteiger partial charge in [0.2, 0.25) is 0 Å². The fourth-order valence-corrected chi connectivity index (χ4v) is 2.31. The number of rotatable bonds is 1. The van der Waals surface area contributed by atoms with Gasteiger partial charge in [-0.15, -0.1) is 0 Å². The third-order valence-electron chi connectivity index (χ3n) is 2.90. The number of aromatic amines is 1. The molecule has 0 fully saturated rings. The molecule has 0 aliphatic carbocycles. The van der Waals surface area contributed by atoms with Gasteiger partial charge in [-0.1, -0.05) is 24.3 Å². The summed E-state index contributed by atoms with van der Waals surface area (Å²) in [5.74, 6) is 0. The van der Waals surface area contributed by atoms with Crippen LogP contribution in [-0.4, -0.2) is 16.6 Å². The second-order valence-corrected chi connectivity index (χ2v) is 4.21. The normalized spacial score (nSPS) is 15.1. The van der Waals surface area contributed by atoms with E-state index in [4.69, 9.17) is 16.3 Å². The number of hydrogen-bond donors (Lipinski definition) is 1. The first-order chi connectivity index (χ1) is 7.79. The summed E-state index contributed by atoms with van der Waals surface area (Å²) in [6.45, 7) is 5.10. The zero-order valence-corrected chi connectivity index (χ0v) is 9.47. The van der Waals surface area contributed by atoms with Crippen LogP contribution in [0.2, 0.25) is 5.15 Å². The predicted molar refractivity (Wildman–Crippen MR) is 64.6 cm³/mol. The predicted octanol–water partition coefficient (Wildman–Crippen LogP) is 2.93. The minimum absolute atomic E-state index is 0.510. The van der Waals surface area contributed by atoms with Gasteiger partial charge in [0.15, 0.2) is 0 Å². The Labute approximate surface area is 98.1 Å². The lowest BCUT2D eigenvalue weighted by molar-refractivity contribution is 0.109. The van der Waals surface area contributed by atoms with Crippen molar-refractivity contribution in [3.63, 3.8) is 0 Å². The Morgan fingerprint density at radius 3 is 3.25 bits per heavy atom. The third kappa shape index (κ3) is 1.36. The maximum Gasteiger partial charge on any atom is 0.137 e. The summed E-state index contributed by atoms with van der Waals surface area (Å²) in [6.07, 6.45) is 2.61. The molecular weight excluding hydrogens is 224 g/mol. The first-order valence-corrected chi connectivity index (χ1v) is 5.57. The molecule has 0 saturated carbocycles. The summed E-state index contributed by atoms with van der Waals surface area (Å²) in [5, 5.41) is 0.510. The Balaban J connectivity index is 2.30. The maximum atomic E-state index is 6.08. The quantitative estimate of drug-likeness (QED) is 0.771. The first-order valence-electron chi connectivity index (χ1n) is 5.19. The fourth-order valence-electron chi connectivity index (χ4n) is 2.10. The minimum Gasteiger partial charge on any atom is -0.375 e. The van der Waals surface area contributed by atoms with E-state index in [1.165, 1.54) is 5.56 Å². The number of ether oxygens (including phenoxy) is 1. The molecule has 2 aromatic heterocycles. The van der Waals surface area contributed by atoms with Crippen molar-refractivity contribution in [1.82, 2.24) is 9.97 Å². The van der Waals surface area contributed by atoms with Gasteiger partial charge in [0.25, 0.3) is 0 Å². The summed E-state index contributed by atoms with van der Waals surface area (Å²) in [4.78, 5) is 7.75. The largest absolute Gasteiger partial charge is 0.375 e. The molecule has 0 bridgehead atoms. The van der Waals surface area contributed by atoms with Gasteiger partial charge in [0.05, 0.1) is 24.2 Å². The van der Waals surface area contributed by atoms with Crippen LogP contribution in [0.1, 0.15) is 16.8 Å². The van der Waals surface area contributed by atoms with Crippen LogP contribution in [0.25, 0.3) is 17.1 Å². The van der Waals surface area contributed by atoms with Gasteiger partial charge < -0.3 is 9.72 Å². The zero-order chi connectivity index (χ0) is 11.1. The van der Waals surface area contributed by atoms with Crippen molar-refractivity contribution in [2.24, 2.45) is 0 Å². The molecule has 3 nitrogen and oxygen atoms in total. The van der Waals surface area contributed by atoms with Gasteiger partial charge in [-0.2, -0.15) is 0 Å². The molecule has 0 atom stereocenters. The minimum atomic E-state index is 0.510. The van der Waals surface area contributed by atoms with Crippen LogP contribution >= 0.6 is 11.6 Å². The van der Waals surface area contributed by atoms with Gasteiger partial charge in [0, 0.05) is 16.8 Å². The molecule has 4 heteroatoms. The van der Waals surface area contributed by atoms with E-state index in [0.717, 1.165) is 35.3 Å². The van der Waals surface area contributed by atoms with E-state index in [1.807, 2.05) is 6.07 Å². The highest BCUT2D eigenvalue weighted by Gasteiger charge is 2.17. The van der Waals surface area contributed by atoms with Crippen molar-refractivity contribution in [3.05, 3.63) is 34.6 Å². The Hall–Kier alpha value is -1.32. The van der Waals surface area contributed by atoms with Gasteiger partial charge in [-0.05, 0) is 12.5 Å². The lowest BCUT2D eigenvalue weighted by atomic mass is 10.1. The Bertz CT molecular complexity index is 574. The second-order valence-electron chi connectivity index (χ2n) is 3.85. The summed E-state index contributed by atoms with van der Waals surface area (Å²) in [7, 11) is 0. The lowest BCUT2D eigenvalue weighted by Crippen LogP contribution is -2.08. The summed E-state index contributed by atoms with van der Waals surface area (Å²) in [5.41, 5.74) is 5.18. The summed E-state index contributed by atoms with van der Waals surface area (Å²) in [6, 6.07) is 1.98. The highest BCUT2D eigenvalue weighted by atomic mass is 35.5. The van der Waals surface area contributed by atoms with E-state index in [9.17, 15) is 0 Å². The lowest BCUT2D eigenvalue weighted by Gasteiger charge is -2.11. The monoisotopic (exact) mass is 234 g/mol. The van der Waals surface area contributed by atoms with Crippen molar-refractivity contribution < 1.29 is 4.74 Å². The molecule has 2 aromatic rings. The van der Waals surface area contributed by atoms with E-state index in [-0.39, 0.29) is 0 Å². The molecule has 0 amide bonds. The molecule has 3 heterocycles. The Morgan fingerprint density at radius 1 is 1.56 bits per heavy atom. The number of H-pyrrole nitrogens is 1. The van der Waals surface area contributed by atoms with Gasteiger partial charge in [-0.25, -0.2) is 4.98 Å². The number of aromatic nitrogens is 2. The molecule has 82 valence electrons. The molecule has 0 spiro atoms. The van der Waals surface area contributed by atoms with Crippen LogP contribution < -0.4 is 0 Å². The van der Waals surface area contributed by atoms with E-state index >= 15 is 0 Å². The van der Waals surface area contributed by atoms with Crippen LogP contribution in [0, 0.1) is 0 Å². The molecule has 1 aliphatic rings. The molecule has 0 radical (unpaired) electrons. The zero-order valence-electron chi connectivity index (χ0n) is 8.72. The summed E-state index contributed by atoms with van der Waals surface area (Å²) >= 11 is 6.08. The molecular formula is C12H11ClN2O. The van der Waals surface area contributed by atoms with Crippen LogP contribution in [0.15, 0.2) is 12.6 Å². The van der Waals surface area contributed by atoms with Crippen molar-refractivity contribution in [2.75, 3.05) is 6.61 Å². The molecule has 0 saturated heterocycles. The van der Waals surface area contributed by atoms with Gasteiger partial charge >= 0.3 is 0 Å². The van der Waals surface area contributed by atoms with E-state index in [0.29, 0.717) is 11.8 Å². The second kappa shape index (κ2) is 3.61. The van der Waals surface area contributed by atoms with Crippen molar-refractivity contribution in [1.29, 1.82) is 0 Å². The number of nitrogens with one attached hydrogen (secondary N) is 1. The number of nitrogens with zero attached hydrogens (tertiary/aromatic N) is 1. The van der Waals surface area contributed by atoms with Crippen LogP contribution in [0.3, 0.4) is 0 Å². The highest BCUT2D eigenvalue weighted by molar-refractivity contribution is 6.31. The highest BCUT2D eigenvalue weighted by Crippen LogP contribution is 2.28. The van der Waals surface area contributed by atoms with Gasteiger partial charge in [-0.3, -0.25) is 0 Å². The average Bonchev–Trinajstić information content (AvgIpc) is 2.66. The molecule has 16 heavy (non-hydrogen) atoms. The summed E-state index contributed by atoms with van der Waals surface area (Å²) < 4.78 is 5.40. The smallest absolute Gasteiger partial charge is 0.137 e. The van der Waals surface area contributed by atoms with Crippen molar-refractivity contribution >= 4 is 28.7 Å². The first kappa shape index (κ1) is 9.87. The standard InChI is InChI=1S/C12H11ClN2O/c1-2-7-5-9-11(15-12(7)13)8-3-4-16-6-10(8)14-9/h2,5,14H,1,3-4,6H2. The molecule has 0 unspecified atom stereocenters. The van der Waals surface area contributed by atoms with Crippen LogP contribution in [-0.2, 0) is 17.8 Å². The van der Waals surface area contributed by atoms with E-state index < -0.39 is 0 Å². The van der Waals surface area contributed by atoms with Gasteiger partial charge in [0.1, 0.15) is 5.15 Å². The average molecular weight is 235 g/mol. The van der Waals surface area contributed by atoms with Crippen molar-refractivity contribution in [2.45, 2.75) is 13.0 Å². The number of pyridine rings is 1. The third-order valence-corrected chi connectivity index (χ3v) is 3.20. The molecule has 1 N–H and O–H groups in total. The molecule has 3 rings (SSSR count). The fraction of sp³-hybridized carbons (Fsp3) is 0.250. The Morgan fingerprint density at radius 2 is 2.44 bits per heavy atom. The number of halogens is 1. The van der Waals surface area contributed by atoms with E-state index in [1.54, 1.807) is 6.08 Å². The van der Waals surface area contributed by atoms with Crippen molar-refractivity contribution in [3.8, 4) is 0 Å². The van der Waals surface area contributed by atoms with Crippen LogP contribution in [0.4, 0.5) is 0 Å². The number of hydrogen-bond acceptors (Lipinski definition) is 2. The Kier molecular flexibility index (Phi) is 2.23.